The summed E-state index contributed by atoms with van der Waals surface area (Å²) in [6.45, 7) is 9.00. The Morgan fingerprint density at radius 1 is 1.19 bits per heavy atom. The molecule has 0 bridgehead atoms. The molecule has 1 aromatic carbocycles. The molecule has 0 spiro atoms. The number of rotatable bonds is 5. The molecular formula is C18H29ClN2. The summed E-state index contributed by atoms with van der Waals surface area (Å²) in [4.78, 5) is 2.54. The Morgan fingerprint density at radius 2 is 1.76 bits per heavy atom. The first-order chi connectivity index (χ1) is 10.0. The topological polar surface area (TPSA) is 29.3 Å². The van der Waals surface area contributed by atoms with Crippen molar-refractivity contribution in [3.8, 4) is 0 Å². The number of hydrogen-bond acceptors (Lipinski definition) is 2. The molecule has 1 heterocycles. The van der Waals surface area contributed by atoms with Crippen molar-refractivity contribution in [3.05, 3.63) is 34.9 Å². The van der Waals surface area contributed by atoms with Crippen molar-refractivity contribution < 1.29 is 0 Å². The van der Waals surface area contributed by atoms with Gasteiger partial charge >= 0.3 is 0 Å². The summed E-state index contributed by atoms with van der Waals surface area (Å²) in [5, 5.41) is 0.836. The predicted molar refractivity (Wildman–Crippen MR) is 91.7 cm³/mol. The van der Waals surface area contributed by atoms with Gasteiger partial charge in [0.25, 0.3) is 0 Å². The van der Waals surface area contributed by atoms with Crippen LogP contribution in [0, 0.1) is 5.41 Å². The number of nitrogens with zero attached hydrogens (tertiary/aromatic N) is 1. The quantitative estimate of drug-likeness (QED) is 0.859. The lowest BCUT2D eigenvalue weighted by Crippen LogP contribution is -2.46. The third-order valence-corrected chi connectivity index (χ3v) is 5.82. The molecule has 118 valence electrons. The third-order valence-electron chi connectivity index (χ3n) is 5.47. The van der Waals surface area contributed by atoms with E-state index >= 15 is 0 Å². The molecule has 2 N–H and O–H groups in total. The van der Waals surface area contributed by atoms with E-state index in [1.54, 1.807) is 0 Å². The van der Waals surface area contributed by atoms with Crippen molar-refractivity contribution in [2.75, 3.05) is 13.1 Å². The number of nitrogens with two attached hydrogens (primary N) is 1. The SMILES string of the molecule is CCC1(CC)CCN(C(c2ccccc2Cl)C(C)N)CC1. The van der Waals surface area contributed by atoms with Gasteiger partial charge < -0.3 is 5.73 Å². The first-order valence-electron chi connectivity index (χ1n) is 8.27. The zero-order chi connectivity index (χ0) is 15.5. The van der Waals surface area contributed by atoms with Crippen LogP contribution in [-0.2, 0) is 0 Å². The van der Waals surface area contributed by atoms with Gasteiger partial charge in [0, 0.05) is 11.1 Å². The molecule has 1 saturated heterocycles. The van der Waals surface area contributed by atoms with Gasteiger partial charge in [-0.3, -0.25) is 4.90 Å². The molecule has 0 radical (unpaired) electrons. The Morgan fingerprint density at radius 3 is 2.24 bits per heavy atom. The average molecular weight is 309 g/mol. The van der Waals surface area contributed by atoms with Crippen LogP contribution in [0.15, 0.2) is 24.3 Å². The maximum atomic E-state index is 6.41. The molecule has 0 aliphatic carbocycles. The van der Waals surface area contributed by atoms with E-state index in [9.17, 15) is 0 Å². The second kappa shape index (κ2) is 7.13. The Bertz CT molecular complexity index is 444. The largest absolute Gasteiger partial charge is 0.326 e. The smallest absolute Gasteiger partial charge is 0.0511 e. The highest BCUT2D eigenvalue weighted by Crippen LogP contribution is 2.41. The van der Waals surface area contributed by atoms with Crippen LogP contribution in [0.1, 0.15) is 58.1 Å². The van der Waals surface area contributed by atoms with Crippen LogP contribution >= 0.6 is 11.6 Å². The average Bonchev–Trinajstić information content (AvgIpc) is 2.50. The van der Waals surface area contributed by atoms with Gasteiger partial charge in [-0.2, -0.15) is 0 Å². The van der Waals surface area contributed by atoms with Crippen LogP contribution in [0.2, 0.25) is 5.02 Å². The lowest BCUT2D eigenvalue weighted by molar-refractivity contribution is 0.0587. The minimum Gasteiger partial charge on any atom is -0.326 e. The van der Waals surface area contributed by atoms with Gasteiger partial charge in [-0.05, 0) is 49.9 Å². The monoisotopic (exact) mass is 308 g/mol. The highest BCUT2D eigenvalue weighted by molar-refractivity contribution is 6.31. The van der Waals surface area contributed by atoms with Gasteiger partial charge in [0.1, 0.15) is 0 Å². The first-order valence-corrected chi connectivity index (χ1v) is 8.65. The number of benzene rings is 1. The number of piperidine rings is 1. The van der Waals surface area contributed by atoms with Crippen LogP contribution in [0.5, 0.6) is 0 Å². The van der Waals surface area contributed by atoms with Crippen molar-refractivity contribution in [2.24, 2.45) is 11.1 Å². The van der Waals surface area contributed by atoms with Gasteiger partial charge in [0.05, 0.1) is 6.04 Å². The van der Waals surface area contributed by atoms with E-state index in [2.05, 4.69) is 37.8 Å². The zero-order valence-electron chi connectivity index (χ0n) is 13.6. The van der Waals surface area contributed by atoms with Crippen molar-refractivity contribution >= 4 is 11.6 Å². The van der Waals surface area contributed by atoms with Crippen molar-refractivity contribution in [2.45, 2.75) is 58.5 Å². The fourth-order valence-electron chi connectivity index (χ4n) is 3.76. The molecule has 2 nitrogen and oxygen atoms in total. The molecule has 1 fully saturated rings. The van der Waals surface area contributed by atoms with Crippen LogP contribution in [0.25, 0.3) is 0 Å². The number of halogens is 1. The Kier molecular flexibility index (Phi) is 5.70. The first kappa shape index (κ1) is 16.8. The molecule has 2 unspecified atom stereocenters. The van der Waals surface area contributed by atoms with E-state index in [0.29, 0.717) is 5.41 Å². The van der Waals surface area contributed by atoms with Crippen LogP contribution < -0.4 is 5.73 Å². The zero-order valence-corrected chi connectivity index (χ0v) is 14.4. The maximum Gasteiger partial charge on any atom is 0.0511 e. The van der Waals surface area contributed by atoms with E-state index in [4.69, 9.17) is 17.3 Å². The Balaban J connectivity index is 2.17. The fourth-order valence-corrected chi connectivity index (χ4v) is 4.01. The lowest BCUT2D eigenvalue weighted by atomic mass is 9.73. The summed E-state index contributed by atoms with van der Waals surface area (Å²) >= 11 is 6.41. The van der Waals surface area contributed by atoms with Crippen molar-refractivity contribution in [1.29, 1.82) is 0 Å². The maximum absolute atomic E-state index is 6.41. The number of hydrogen-bond donors (Lipinski definition) is 1. The Hall–Kier alpha value is -0.570. The van der Waals surface area contributed by atoms with Crippen LogP contribution in [-0.4, -0.2) is 24.0 Å². The van der Waals surface area contributed by atoms with Crippen LogP contribution in [0.3, 0.4) is 0 Å². The molecule has 1 aliphatic heterocycles. The van der Waals surface area contributed by atoms with E-state index in [-0.39, 0.29) is 12.1 Å². The summed E-state index contributed by atoms with van der Waals surface area (Å²) in [5.74, 6) is 0. The van der Waals surface area contributed by atoms with Gasteiger partial charge in [-0.25, -0.2) is 0 Å². The molecule has 0 amide bonds. The van der Waals surface area contributed by atoms with Gasteiger partial charge in [0.2, 0.25) is 0 Å². The van der Waals surface area contributed by atoms with Gasteiger partial charge in [-0.15, -0.1) is 0 Å². The van der Waals surface area contributed by atoms with E-state index in [0.717, 1.165) is 18.1 Å². The highest BCUT2D eigenvalue weighted by atomic mass is 35.5. The van der Waals surface area contributed by atoms with E-state index in [1.165, 1.54) is 31.2 Å². The molecule has 3 heteroatoms. The van der Waals surface area contributed by atoms with Crippen LogP contribution in [0.4, 0.5) is 0 Å². The molecule has 0 saturated carbocycles. The third kappa shape index (κ3) is 3.61. The summed E-state index contributed by atoms with van der Waals surface area (Å²) in [7, 11) is 0. The minimum absolute atomic E-state index is 0.0839. The standard InChI is InChI=1S/C18H29ClN2/c1-4-18(5-2)10-12-21(13-11-18)17(14(3)20)15-8-6-7-9-16(15)19/h6-9,14,17H,4-5,10-13,20H2,1-3H3. The fraction of sp³-hybridized carbons (Fsp3) is 0.667. The molecule has 1 aromatic rings. The molecule has 21 heavy (non-hydrogen) atoms. The molecule has 2 rings (SSSR count). The molecular weight excluding hydrogens is 280 g/mol. The summed E-state index contributed by atoms with van der Waals surface area (Å²) in [5.41, 5.74) is 8.02. The molecule has 0 aromatic heterocycles. The highest BCUT2D eigenvalue weighted by Gasteiger charge is 2.35. The minimum atomic E-state index is 0.0839. The van der Waals surface area contributed by atoms with Crippen molar-refractivity contribution in [1.82, 2.24) is 4.90 Å². The Labute approximate surface area is 134 Å². The van der Waals surface area contributed by atoms with Crippen molar-refractivity contribution in [3.63, 3.8) is 0 Å². The lowest BCUT2D eigenvalue weighted by Gasteiger charge is -2.45. The summed E-state index contributed by atoms with van der Waals surface area (Å²) < 4.78 is 0. The second-order valence-corrected chi connectivity index (χ2v) is 6.98. The normalized spacial score (nSPS) is 22.0. The summed E-state index contributed by atoms with van der Waals surface area (Å²) in [6.07, 6.45) is 5.11. The van der Waals surface area contributed by atoms with Gasteiger partial charge in [-0.1, -0.05) is 56.5 Å². The predicted octanol–water partition coefficient (Wildman–Crippen LogP) is 4.63. The summed E-state index contributed by atoms with van der Waals surface area (Å²) in [6, 6.07) is 8.45. The molecule has 2 atom stereocenters. The molecule has 1 aliphatic rings. The van der Waals surface area contributed by atoms with E-state index < -0.39 is 0 Å². The van der Waals surface area contributed by atoms with E-state index in [1.807, 2.05) is 12.1 Å². The van der Waals surface area contributed by atoms with Gasteiger partial charge in [0.15, 0.2) is 0 Å². The second-order valence-electron chi connectivity index (χ2n) is 6.57. The number of likely N-dealkylation sites (tertiary alicyclic amines) is 1.